The molecule has 0 aliphatic rings. The monoisotopic (exact) mass is 451 g/mol. The first kappa shape index (κ1) is 26.5. The molecule has 0 aromatic heterocycles. The molecule has 3 N–H and O–H groups in total. The van der Waals surface area contributed by atoms with E-state index in [2.05, 4.69) is 0 Å². The molecule has 0 radical (unpaired) electrons. The molecule has 0 saturated heterocycles. The number of carbonyl (C=O) groups is 1. The molecular formula is C11H10F13NO3. The molecule has 0 aromatic rings. The first-order valence-electron chi connectivity index (χ1n) is 6.60. The van der Waals surface area contributed by atoms with Crippen molar-refractivity contribution in [1.29, 1.82) is 0 Å². The fourth-order valence-electron chi connectivity index (χ4n) is 1.49. The molecule has 0 bridgehead atoms. The number of aliphatic hydroxyl groups is 1. The van der Waals surface area contributed by atoms with Gasteiger partial charge in [-0.05, 0) is 6.92 Å². The maximum atomic E-state index is 13.4. The van der Waals surface area contributed by atoms with Crippen LogP contribution >= 0.6 is 0 Å². The third kappa shape index (κ3) is 3.95. The van der Waals surface area contributed by atoms with Gasteiger partial charge in [0.25, 0.3) is 0 Å². The van der Waals surface area contributed by atoms with Gasteiger partial charge in [-0.1, -0.05) is 0 Å². The van der Waals surface area contributed by atoms with Crippen molar-refractivity contribution < 1.29 is 72.1 Å². The lowest BCUT2D eigenvalue weighted by Gasteiger charge is -2.40. The van der Waals surface area contributed by atoms with Gasteiger partial charge in [0.05, 0.1) is 0 Å². The lowest BCUT2D eigenvalue weighted by atomic mass is 9.91. The Morgan fingerprint density at radius 1 is 0.786 bits per heavy atom. The fourth-order valence-corrected chi connectivity index (χ4v) is 1.49. The summed E-state index contributed by atoms with van der Waals surface area (Å²) in [7, 11) is 0. The Morgan fingerprint density at radius 3 is 1.46 bits per heavy atom. The van der Waals surface area contributed by atoms with Crippen LogP contribution in [0, 0.1) is 0 Å². The van der Waals surface area contributed by atoms with Crippen molar-refractivity contribution in [3.8, 4) is 0 Å². The second-order valence-electron chi connectivity index (χ2n) is 5.40. The van der Waals surface area contributed by atoms with Gasteiger partial charge >= 0.3 is 41.8 Å². The summed E-state index contributed by atoms with van der Waals surface area (Å²) < 4.78 is 167. The van der Waals surface area contributed by atoms with E-state index in [1.54, 1.807) is 0 Å². The molecule has 168 valence electrons. The predicted octanol–water partition coefficient (Wildman–Crippen LogP) is 3.15. The average Bonchev–Trinajstić information content (AvgIpc) is 2.49. The Morgan fingerprint density at radius 2 is 1.14 bits per heavy atom. The molecule has 0 rings (SSSR count). The van der Waals surface area contributed by atoms with Crippen LogP contribution in [0.4, 0.5) is 57.1 Å². The average molecular weight is 451 g/mol. The summed E-state index contributed by atoms with van der Waals surface area (Å²) >= 11 is 0. The number of rotatable bonds is 9. The van der Waals surface area contributed by atoms with E-state index in [-0.39, 0.29) is 0 Å². The summed E-state index contributed by atoms with van der Waals surface area (Å²) in [6.07, 6.45) is -11.6. The largest absolute Gasteiger partial charge is 0.480 e. The lowest BCUT2D eigenvalue weighted by Crippen LogP contribution is -2.72. The molecule has 0 heterocycles. The second-order valence-corrected chi connectivity index (χ2v) is 5.40. The highest BCUT2D eigenvalue weighted by Gasteiger charge is 2.91. The molecule has 0 spiro atoms. The van der Waals surface area contributed by atoms with Gasteiger partial charge in [-0.3, -0.25) is 4.79 Å². The maximum Gasteiger partial charge on any atom is 0.460 e. The van der Waals surface area contributed by atoms with Gasteiger partial charge in [0.2, 0.25) is 0 Å². The standard InChI is InChI=1S/C11H10F13NO3/c1-3(5(27)28)25-2-4(26)6(12,13)7(14,15)8(16,17)9(18,19)10(20,21)11(22,23)24/h3-4,25-26H,2H2,1H3,(H,27,28)/t3-,4+/m0/s1. The molecule has 0 aliphatic heterocycles. The van der Waals surface area contributed by atoms with Crippen LogP contribution in [0.15, 0.2) is 0 Å². The topological polar surface area (TPSA) is 69.6 Å². The quantitative estimate of drug-likeness (QED) is 0.472. The Balaban J connectivity index is 6.01. The zero-order valence-corrected chi connectivity index (χ0v) is 13.1. The SMILES string of the molecule is C[C@H](NC[C@@H](O)C(F)(F)C(F)(F)C(F)(F)C(F)(F)C(F)(F)C(F)(F)F)C(=O)O. The maximum absolute atomic E-state index is 13.4. The number of hydrogen-bond donors (Lipinski definition) is 3. The van der Waals surface area contributed by atoms with E-state index in [0.29, 0.717) is 6.92 Å². The van der Waals surface area contributed by atoms with Crippen molar-refractivity contribution in [2.24, 2.45) is 0 Å². The van der Waals surface area contributed by atoms with Crippen molar-refractivity contribution in [1.82, 2.24) is 5.32 Å². The summed E-state index contributed by atoms with van der Waals surface area (Å²) in [5.41, 5.74) is 0. The van der Waals surface area contributed by atoms with Gasteiger partial charge < -0.3 is 15.5 Å². The van der Waals surface area contributed by atoms with Crippen LogP contribution in [0.5, 0.6) is 0 Å². The number of alkyl halides is 13. The first-order valence-corrected chi connectivity index (χ1v) is 6.60. The van der Waals surface area contributed by atoms with E-state index in [9.17, 15) is 61.9 Å². The van der Waals surface area contributed by atoms with Crippen LogP contribution in [-0.4, -0.2) is 70.7 Å². The van der Waals surface area contributed by atoms with Crippen molar-refractivity contribution in [2.45, 2.75) is 54.9 Å². The zero-order valence-electron chi connectivity index (χ0n) is 13.1. The van der Waals surface area contributed by atoms with Crippen LogP contribution in [0.3, 0.4) is 0 Å². The summed E-state index contributed by atoms with van der Waals surface area (Å²) in [4.78, 5) is 10.4. The summed E-state index contributed by atoms with van der Waals surface area (Å²) in [5, 5.41) is 18.6. The minimum absolute atomic E-state index is 0.679. The highest BCUT2D eigenvalue weighted by atomic mass is 19.4. The van der Waals surface area contributed by atoms with E-state index in [1.165, 1.54) is 5.32 Å². The highest BCUT2D eigenvalue weighted by molar-refractivity contribution is 5.72. The van der Waals surface area contributed by atoms with E-state index in [4.69, 9.17) is 10.2 Å². The van der Waals surface area contributed by atoms with Crippen LogP contribution < -0.4 is 5.32 Å². The summed E-state index contributed by atoms with van der Waals surface area (Å²) in [6.45, 7) is -1.29. The summed E-state index contributed by atoms with van der Waals surface area (Å²) in [6, 6.07) is -1.87. The molecule has 0 amide bonds. The molecule has 0 unspecified atom stereocenters. The molecule has 2 atom stereocenters. The molecule has 28 heavy (non-hydrogen) atoms. The van der Waals surface area contributed by atoms with Gasteiger partial charge in [-0.25, -0.2) is 0 Å². The third-order valence-corrected chi connectivity index (χ3v) is 3.36. The highest BCUT2D eigenvalue weighted by Crippen LogP contribution is 2.60. The molecule has 4 nitrogen and oxygen atoms in total. The second kappa shape index (κ2) is 7.38. The van der Waals surface area contributed by atoms with Crippen molar-refractivity contribution in [3.63, 3.8) is 0 Å². The van der Waals surface area contributed by atoms with Crippen LogP contribution in [0.2, 0.25) is 0 Å². The van der Waals surface area contributed by atoms with E-state index < -0.39 is 60.4 Å². The van der Waals surface area contributed by atoms with Gasteiger partial charge in [-0.15, -0.1) is 0 Å². The van der Waals surface area contributed by atoms with Gasteiger partial charge in [0, 0.05) is 6.54 Å². The molecule has 0 aromatic carbocycles. The third-order valence-electron chi connectivity index (χ3n) is 3.36. The Kier molecular flexibility index (Phi) is 6.98. The normalized spacial score (nSPS) is 17.4. The van der Waals surface area contributed by atoms with Gasteiger partial charge in [-0.2, -0.15) is 57.1 Å². The van der Waals surface area contributed by atoms with Crippen molar-refractivity contribution >= 4 is 5.97 Å². The number of aliphatic hydroxyl groups excluding tert-OH is 1. The van der Waals surface area contributed by atoms with Crippen molar-refractivity contribution in [2.75, 3.05) is 6.54 Å². The fraction of sp³-hybridized carbons (Fsp3) is 0.909. The summed E-state index contributed by atoms with van der Waals surface area (Å²) in [5.74, 6) is -40.1. The number of carboxylic acid groups (broad SMARTS) is 1. The van der Waals surface area contributed by atoms with E-state index >= 15 is 0 Å². The van der Waals surface area contributed by atoms with Gasteiger partial charge in [0.15, 0.2) is 0 Å². The number of hydrogen-bond acceptors (Lipinski definition) is 3. The van der Waals surface area contributed by atoms with Crippen LogP contribution in [-0.2, 0) is 4.79 Å². The van der Waals surface area contributed by atoms with E-state index in [0.717, 1.165) is 0 Å². The number of nitrogens with one attached hydrogen (secondary N) is 1. The minimum Gasteiger partial charge on any atom is -0.480 e. The van der Waals surface area contributed by atoms with Crippen LogP contribution in [0.1, 0.15) is 6.92 Å². The molecule has 0 saturated carbocycles. The Labute approximate surface area is 146 Å². The molecular weight excluding hydrogens is 441 g/mol. The van der Waals surface area contributed by atoms with E-state index in [1.807, 2.05) is 0 Å². The molecule has 17 heteroatoms. The number of carboxylic acids is 1. The Hall–Kier alpha value is -1.52. The lowest BCUT2D eigenvalue weighted by molar-refractivity contribution is -0.444. The van der Waals surface area contributed by atoms with Gasteiger partial charge in [0.1, 0.15) is 12.1 Å². The zero-order chi connectivity index (χ0) is 23.1. The number of halogens is 13. The number of aliphatic carboxylic acids is 1. The smallest absolute Gasteiger partial charge is 0.460 e. The van der Waals surface area contributed by atoms with Crippen LogP contribution in [0.25, 0.3) is 0 Å². The Bertz CT molecular complexity index is 575. The predicted molar refractivity (Wildman–Crippen MR) is 61.9 cm³/mol. The molecule has 0 fully saturated rings. The first-order chi connectivity index (χ1) is 12.0. The van der Waals surface area contributed by atoms with Crippen molar-refractivity contribution in [3.05, 3.63) is 0 Å². The minimum atomic E-state index is -8.06. The molecule has 0 aliphatic carbocycles.